The SMILES string of the molecule is O=C(O)[C@H]1[C@H]2CC[C@@H](C2)[C@@H]1C(=O)NCCC1=CCCCC1. The lowest BCUT2D eigenvalue weighted by Gasteiger charge is -2.27. The lowest BCUT2D eigenvalue weighted by atomic mass is 9.78. The monoisotopic (exact) mass is 291 g/mol. The van der Waals surface area contributed by atoms with Gasteiger partial charge in [-0.25, -0.2) is 0 Å². The predicted molar refractivity (Wildman–Crippen MR) is 79.6 cm³/mol. The number of fused-ring (bicyclic) bond motifs is 2. The Labute approximate surface area is 126 Å². The molecule has 3 aliphatic carbocycles. The Morgan fingerprint density at radius 2 is 1.95 bits per heavy atom. The maximum Gasteiger partial charge on any atom is 0.307 e. The Balaban J connectivity index is 1.52. The highest BCUT2D eigenvalue weighted by molar-refractivity contribution is 5.86. The number of carbonyl (C=O) groups excluding carboxylic acids is 1. The molecule has 0 aromatic rings. The molecule has 0 spiro atoms. The molecule has 21 heavy (non-hydrogen) atoms. The minimum atomic E-state index is -0.780. The molecule has 2 saturated carbocycles. The summed E-state index contributed by atoms with van der Waals surface area (Å²) < 4.78 is 0. The van der Waals surface area contributed by atoms with Gasteiger partial charge in [-0.15, -0.1) is 0 Å². The number of hydrogen-bond donors (Lipinski definition) is 2. The molecule has 2 bridgehead atoms. The summed E-state index contributed by atoms with van der Waals surface area (Å²) in [7, 11) is 0. The zero-order valence-corrected chi connectivity index (χ0v) is 12.5. The average molecular weight is 291 g/mol. The second-order valence-corrected chi connectivity index (χ2v) is 6.87. The van der Waals surface area contributed by atoms with Gasteiger partial charge in [0.05, 0.1) is 11.8 Å². The first kappa shape index (κ1) is 14.6. The van der Waals surface area contributed by atoms with Gasteiger partial charge in [0.25, 0.3) is 0 Å². The predicted octanol–water partition coefficient (Wildman–Crippen LogP) is 2.74. The van der Waals surface area contributed by atoms with Crippen LogP contribution >= 0.6 is 0 Å². The molecule has 0 aromatic carbocycles. The number of nitrogens with one attached hydrogen (secondary N) is 1. The van der Waals surface area contributed by atoms with Gasteiger partial charge in [-0.3, -0.25) is 9.59 Å². The van der Waals surface area contributed by atoms with Crippen molar-refractivity contribution in [1.29, 1.82) is 0 Å². The number of hydrogen-bond acceptors (Lipinski definition) is 2. The summed E-state index contributed by atoms with van der Waals surface area (Å²) in [6.07, 6.45) is 11.0. The highest BCUT2D eigenvalue weighted by atomic mass is 16.4. The van der Waals surface area contributed by atoms with Gasteiger partial charge >= 0.3 is 5.97 Å². The van der Waals surface area contributed by atoms with E-state index in [4.69, 9.17) is 0 Å². The Kier molecular flexibility index (Phi) is 4.32. The molecule has 0 radical (unpaired) electrons. The molecule has 3 rings (SSSR count). The third kappa shape index (κ3) is 2.99. The van der Waals surface area contributed by atoms with Crippen LogP contribution in [0.3, 0.4) is 0 Å². The molecule has 3 aliphatic rings. The van der Waals surface area contributed by atoms with Crippen molar-refractivity contribution in [3.63, 3.8) is 0 Å². The van der Waals surface area contributed by atoms with Gasteiger partial charge in [-0.05, 0) is 63.2 Å². The third-order valence-corrected chi connectivity index (χ3v) is 5.63. The summed E-state index contributed by atoms with van der Waals surface area (Å²) in [4.78, 5) is 23.8. The summed E-state index contributed by atoms with van der Waals surface area (Å²) >= 11 is 0. The molecule has 0 saturated heterocycles. The summed E-state index contributed by atoms with van der Waals surface area (Å²) in [5, 5.41) is 12.4. The Morgan fingerprint density at radius 3 is 2.62 bits per heavy atom. The molecule has 4 heteroatoms. The average Bonchev–Trinajstić information content (AvgIpc) is 3.08. The van der Waals surface area contributed by atoms with Crippen LogP contribution in [0.1, 0.15) is 51.4 Å². The van der Waals surface area contributed by atoms with Gasteiger partial charge in [-0.2, -0.15) is 0 Å². The van der Waals surface area contributed by atoms with Gasteiger partial charge in [0.1, 0.15) is 0 Å². The van der Waals surface area contributed by atoms with E-state index in [0.29, 0.717) is 12.5 Å². The van der Waals surface area contributed by atoms with Crippen LogP contribution in [0.5, 0.6) is 0 Å². The zero-order valence-electron chi connectivity index (χ0n) is 12.5. The molecule has 0 aromatic heterocycles. The number of carboxylic acids is 1. The van der Waals surface area contributed by atoms with E-state index in [2.05, 4.69) is 11.4 Å². The van der Waals surface area contributed by atoms with Crippen LogP contribution in [0.15, 0.2) is 11.6 Å². The quantitative estimate of drug-likeness (QED) is 0.765. The lowest BCUT2D eigenvalue weighted by Crippen LogP contribution is -2.41. The number of rotatable bonds is 5. The second-order valence-electron chi connectivity index (χ2n) is 6.87. The van der Waals surface area contributed by atoms with Crippen molar-refractivity contribution in [2.24, 2.45) is 23.7 Å². The van der Waals surface area contributed by atoms with Crippen molar-refractivity contribution in [1.82, 2.24) is 5.32 Å². The van der Waals surface area contributed by atoms with Crippen molar-refractivity contribution < 1.29 is 14.7 Å². The van der Waals surface area contributed by atoms with Crippen LogP contribution in [0.2, 0.25) is 0 Å². The molecular formula is C17H25NO3. The number of carboxylic acid groups (broad SMARTS) is 1. The number of aliphatic carboxylic acids is 1. The first-order valence-electron chi connectivity index (χ1n) is 8.35. The van der Waals surface area contributed by atoms with E-state index in [9.17, 15) is 14.7 Å². The molecule has 0 heterocycles. The van der Waals surface area contributed by atoms with Crippen LogP contribution in [-0.2, 0) is 9.59 Å². The lowest BCUT2D eigenvalue weighted by molar-refractivity contribution is -0.149. The molecule has 0 aliphatic heterocycles. The number of allylic oxidation sites excluding steroid dienone is 1. The van der Waals surface area contributed by atoms with Gasteiger partial charge in [0.2, 0.25) is 5.91 Å². The molecule has 116 valence electrons. The Bertz CT molecular complexity index is 457. The molecule has 0 unspecified atom stereocenters. The summed E-state index contributed by atoms with van der Waals surface area (Å²) in [6.45, 7) is 0.658. The van der Waals surface area contributed by atoms with E-state index >= 15 is 0 Å². The smallest absolute Gasteiger partial charge is 0.307 e. The topological polar surface area (TPSA) is 66.4 Å². The second kappa shape index (κ2) is 6.20. The maximum absolute atomic E-state index is 12.4. The molecule has 4 atom stereocenters. The highest BCUT2D eigenvalue weighted by Crippen LogP contribution is 2.52. The Morgan fingerprint density at radius 1 is 1.19 bits per heavy atom. The summed E-state index contributed by atoms with van der Waals surface area (Å²) in [5.41, 5.74) is 1.45. The van der Waals surface area contributed by atoms with Gasteiger partial charge in [-0.1, -0.05) is 11.6 Å². The standard InChI is InChI=1S/C17H25NO3/c19-16(18-9-8-11-4-2-1-3-5-11)14-12-6-7-13(10-12)15(14)17(20)21/h4,12-15H,1-3,5-10H2,(H,18,19)(H,20,21)/t12-,13-,14-,15-/m0/s1. The number of carbonyl (C=O) groups is 2. The normalized spacial score (nSPS) is 34.6. The van der Waals surface area contributed by atoms with E-state index in [1.54, 1.807) is 0 Å². The fraction of sp³-hybridized carbons (Fsp3) is 0.765. The first-order chi connectivity index (χ1) is 10.2. The van der Waals surface area contributed by atoms with Crippen molar-refractivity contribution >= 4 is 11.9 Å². The summed E-state index contributed by atoms with van der Waals surface area (Å²) in [5.74, 6) is -1.02. The van der Waals surface area contributed by atoms with E-state index in [1.807, 2.05) is 0 Å². The minimum absolute atomic E-state index is 0.0222. The molecule has 4 nitrogen and oxygen atoms in total. The maximum atomic E-state index is 12.4. The Hall–Kier alpha value is -1.32. The van der Waals surface area contributed by atoms with Gasteiger partial charge in [0, 0.05) is 6.54 Å². The van der Waals surface area contributed by atoms with E-state index in [-0.39, 0.29) is 17.7 Å². The van der Waals surface area contributed by atoms with E-state index in [1.165, 1.54) is 18.4 Å². The van der Waals surface area contributed by atoms with Crippen molar-refractivity contribution in [2.75, 3.05) is 6.54 Å². The van der Waals surface area contributed by atoms with Crippen molar-refractivity contribution in [3.05, 3.63) is 11.6 Å². The molecule has 2 fully saturated rings. The first-order valence-corrected chi connectivity index (χ1v) is 8.35. The van der Waals surface area contributed by atoms with Crippen LogP contribution in [0.4, 0.5) is 0 Å². The molecule has 2 N–H and O–H groups in total. The van der Waals surface area contributed by atoms with Crippen molar-refractivity contribution in [3.8, 4) is 0 Å². The van der Waals surface area contributed by atoms with Gasteiger partial charge < -0.3 is 10.4 Å². The van der Waals surface area contributed by atoms with Crippen molar-refractivity contribution in [2.45, 2.75) is 51.4 Å². The summed E-state index contributed by atoms with van der Waals surface area (Å²) in [6, 6.07) is 0. The number of amides is 1. The zero-order chi connectivity index (χ0) is 14.8. The largest absolute Gasteiger partial charge is 0.481 e. The third-order valence-electron chi connectivity index (χ3n) is 5.63. The van der Waals surface area contributed by atoms with Crippen LogP contribution in [0, 0.1) is 23.7 Å². The highest BCUT2D eigenvalue weighted by Gasteiger charge is 2.53. The fourth-order valence-corrected chi connectivity index (χ4v) is 4.62. The van der Waals surface area contributed by atoms with E-state index in [0.717, 1.165) is 38.5 Å². The van der Waals surface area contributed by atoms with E-state index < -0.39 is 11.9 Å². The van der Waals surface area contributed by atoms with Crippen LogP contribution in [-0.4, -0.2) is 23.5 Å². The minimum Gasteiger partial charge on any atom is -0.481 e. The molecule has 1 amide bonds. The van der Waals surface area contributed by atoms with Crippen LogP contribution in [0.25, 0.3) is 0 Å². The molecular weight excluding hydrogens is 266 g/mol. The van der Waals surface area contributed by atoms with Gasteiger partial charge in [0.15, 0.2) is 0 Å². The fourth-order valence-electron chi connectivity index (χ4n) is 4.62. The van der Waals surface area contributed by atoms with Crippen LogP contribution < -0.4 is 5.32 Å².